The molecule has 2 N–H and O–H groups in total. The van der Waals surface area contributed by atoms with E-state index in [-0.39, 0.29) is 11.9 Å². The Labute approximate surface area is 128 Å². The minimum atomic E-state index is 0.166. The number of hydrogen-bond acceptors (Lipinski definition) is 3. The van der Waals surface area contributed by atoms with E-state index in [2.05, 4.69) is 15.9 Å². The minimum Gasteiger partial charge on any atom is -0.494 e. The maximum absolute atomic E-state index is 11.9. The fourth-order valence-corrected chi connectivity index (χ4v) is 2.54. The Morgan fingerprint density at radius 3 is 2.75 bits per heavy atom. The monoisotopic (exact) mass is 340 g/mol. The average Bonchev–Trinajstić information content (AvgIpc) is 2.87. The number of carbonyl (C=O) groups is 1. The Morgan fingerprint density at radius 1 is 1.35 bits per heavy atom. The summed E-state index contributed by atoms with van der Waals surface area (Å²) in [6.45, 7) is 2.18. The summed E-state index contributed by atoms with van der Waals surface area (Å²) < 4.78 is 6.66. The molecule has 2 rings (SSSR count). The zero-order chi connectivity index (χ0) is 14.4. The molecule has 1 aromatic carbocycles. The first-order chi connectivity index (χ1) is 9.65. The molecule has 1 aliphatic heterocycles. The van der Waals surface area contributed by atoms with Crippen molar-refractivity contribution in [2.24, 2.45) is 5.73 Å². The van der Waals surface area contributed by atoms with Crippen LogP contribution >= 0.6 is 15.9 Å². The molecule has 0 unspecified atom stereocenters. The molecule has 1 amide bonds. The Kier molecular flexibility index (Phi) is 5.86. The molecule has 0 aromatic heterocycles. The molecule has 1 aromatic rings. The summed E-state index contributed by atoms with van der Waals surface area (Å²) in [6, 6.07) is 7.94. The van der Waals surface area contributed by atoms with Crippen molar-refractivity contribution in [3.8, 4) is 5.75 Å². The molecule has 5 heteroatoms. The number of nitrogens with zero attached hydrogens (tertiary/aromatic N) is 1. The van der Waals surface area contributed by atoms with Crippen molar-refractivity contribution in [3.05, 3.63) is 28.7 Å². The lowest BCUT2D eigenvalue weighted by atomic mass is 10.2. The van der Waals surface area contributed by atoms with Crippen LogP contribution in [0.25, 0.3) is 0 Å². The second-order valence-electron chi connectivity index (χ2n) is 5.15. The van der Waals surface area contributed by atoms with E-state index in [1.54, 1.807) is 0 Å². The standard InChI is InChI=1S/C15H21BrN2O2/c16-12-4-6-14(7-5-12)20-10-2-1-3-15(19)18-9-8-13(17)11-18/h4-7,13H,1-3,8-11,17H2/t13-/m1/s1. The molecule has 20 heavy (non-hydrogen) atoms. The first-order valence-corrected chi connectivity index (χ1v) is 7.86. The molecule has 1 heterocycles. The maximum atomic E-state index is 11.9. The van der Waals surface area contributed by atoms with Crippen molar-refractivity contribution in [2.45, 2.75) is 31.7 Å². The van der Waals surface area contributed by atoms with Gasteiger partial charge in [-0.3, -0.25) is 4.79 Å². The number of rotatable bonds is 6. The molecule has 4 nitrogen and oxygen atoms in total. The number of benzene rings is 1. The summed E-state index contributed by atoms with van der Waals surface area (Å²) in [5, 5.41) is 0. The third-order valence-corrected chi connectivity index (χ3v) is 3.97. The highest BCUT2D eigenvalue weighted by Crippen LogP contribution is 2.16. The number of ether oxygens (including phenoxy) is 1. The van der Waals surface area contributed by atoms with Crippen LogP contribution in [0, 0.1) is 0 Å². The Hall–Kier alpha value is -1.07. The zero-order valence-electron chi connectivity index (χ0n) is 11.6. The number of hydrogen-bond donors (Lipinski definition) is 1. The van der Waals surface area contributed by atoms with Gasteiger partial charge in [-0.05, 0) is 43.5 Å². The lowest BCUT2D eigenvalue weighted by Gasteiger charge is -2.15. The topological polar surface area (TPSA) is 55.6 Å². The van der Waals surface area contributed by atoms with E-state index in [0.717, 1.165) is 36.0 Å². The highest BCUT2D eigenvalue weighted by Gasteiger charge is 2.22. The van der Waals surface area contributed by atoms with Gasteiger partial charge in [0.15, 0.2) is 0 Å². The molecule has 1 fully saturated rings. The van der Waals surface area contributed by atoms with Crippen molar-refractivity contribution >= 4 is 21.8 Å². The van der Waals surface area contributed by atoms with Gasteiger partial charge in [-0.2, -0.15) is 0 Å². The van der Waals surface area contributed by atoms with Gasteiger partial charge in [-0.1, -0.05) is 15.9 Å². The molecule has 1 aliphatic rings. The fraction of sp³-hybridized carbons (Fsp3) is 0.533. The third kappa shape index (κ3) is 4.80. The normalized spacial score (nSPS) is 18.3. The molecule has 110 valence electrons. The third-order valence-electron chi connectivity index (χ3n) is 3.44. The SMILES string of the molecule is N[C@@H]1CCN(C(=O)CCCCOc2ccc(Br)cc2)C1. The highest BCUT2D eigenvalue weighted by molar-refractivity contribution is 9.10. The molecule has 0 radical (unpaired) electrons. The van der Waals surface area contributed by atoms with Gasteiger partial charge in [0, 0.05) is 30.0 Å². The summed E-state index contributed by atoms with van der Waals surface area (Å²) in [5.74, 6) is 1.09. The predicted molar refractivity (Wildman–Crippen MR) is 82.7 cm³/mol. The number of amides is 1. The number of unbranched alkanes of at least 4 members (excludes halogenated alkanes) is 1. The van der Waals surface area contributed by atoms with E-state index in [1.165, 1.54) is 0 Å². The minimum absolute atomic E-state index is 0.166. The van der Waals surface area contributed by atoms with Crippen LogP contribution in [0.15, 0.2) is 28.7 Å². The van der Waals surface area contributed by atoms with Crippen LogP contribution in [0.2, 0.25) is 0 Å². The number of carbonyl (C=O) groups excluding carboxylic acids is 1. The average molecular weight is 341 g/mol. The van der Waals surface area contributed by atoms with Gasteiger partial charge in [0.2, 0.25) is 5.91 Å². The molecule has 0 spiro atoms. The number of likely N-dealkylation sites (tertiary alicyclic amines) is 1. The van der Waals surface area contributed by atoms with Gasteiger partial charge in [0.25, 0.3) is 0 Å². The molecular formula is C15H21BrN2O2. The van der Waals surface area contributed by atoms with Crippen LogP contribution < -0.4 is 10.5 Å². The summed E-state index contributed by atoms with van der Waals surface area (Å²) in [4.78, 5) is 13.8. The molecule has 0 aliphatic carbocycles. The predicted octanol–water partition coefficient (Wildman–Crippen LogP) is 2.56. The fourth-order valence-electron chi connectivity index (χ4n) is 2.27. The molecule has 0 saturated carbocycles. The summed E-state index contributed by atoms with van der Waals surface area (Å²) in [7, 11) is 0. The maximum Gasteiger partial charge on any atom is 0.222 e. The number of halogens is 1. The largest absolute Gasteiger partial charge is 0.494 e. The summed E-state index contributed by atoms with van der Waals surface area (Å²) in [6.07, 6.45) is 3.28. The zero-order valence-corrected chi connectivity index (χ0v) is 13.1. The highest BCUT2D eigenvalue weighted by atomic mass is 79.9. The Bertz CT molecular complexity index is 436. The van der Waals surface area contributed by atoms with E-state index in [4.69, 9.17) is 10.5 Å². The van der Waals surface area contributed by atoms with Gasteiger partial charge in [-0.25, -0.2) is 0 Å². The lowest BCUT2D eigenvalue weighted by Crippen LogP contribution is -2.31. The molecule has 1 atom stereocenters. The van der Waals surface area contributed by atoms with Crippen LogP contribution in [0.4, 0.5) is 0 Å². The second kappa shape index (κ2) is 7.64. The van der Waals surface area contributed by atoms with Crippen molar-refractivity contribution in [3.63, 3.8) is 0 Å². The first kappa shape index (κ1) is 15.3. The van der Waals surface area contributed by atoms with Crippen molar-refractivity contribution < 1.29 is 9.53 Å². The van der Waals surface area contributed by atoms with Crippen LogP contribution in [0.3, 0.4) is 0 Å². The van der Waals surface area contributed by atoms with Crippen molar-refractivity contribution in [1.29, 1.82) is 0 Å². The van der Waals surface area contributed by atoms with E-state index >= 15 is 0 Å². The second-order valence-corrected chi connectivity index (χ2v) is 6.06. The summed E-state index contributed by atoms with van der Waals surface area (Å²) in [5.41, 5.74) is 5.80. The first-order valence-electron chi connectivity index (χ1n) is 7.07. The van der Waals surface area contributed by atoms with Crippen LogP contribution in [0.1, 0.15) is 25.7 Å². The molecular weight excluding hydrogens is 320 g/mol. The van der Waals surface area contributed by atoms with Gasteiger partial charge in [-0.15, -0.1) is 0 Å². The van der Waals surface area contributed by atoms with E-state index < -0.39 is 0 Å². The van der Waals surface area contributed by atoms with Gasteiger partial charge < -0.3 is 15.4 Å². The van der Waals surface area contributed by atoms with Crippen molar-refractivity contribution in [1.82, 2.24) is 4.90 Å². The molecule has 0 bridgehead atoms. The van der Waals surface area contributed by atoms with Crippen LogP contribution in [-0.2, 0) is 4.79 Å². The van der Waals surface area contributed by atoms with Gasteiger partial charge in [0.1, 0.15) is 5.75 Å². The lowest BCUT2D eigenvalue weighted by molar-refractivity contribution is -0.130. The Balaban J connectivity index is 1.57. The van der Waals surface area contributed by atoms with E-state index in [1.807, 2.05) is 29.2 Å². The van der Waals surface area contributed by atoms with E-state index in [0.29, 0.717) is 19.6 Å². The van der Waals surface area contributed by atoms with Gasteiger partial charge >= 0.3 is 0 Å². The summed E-state index contributed by atoms with van der Waals surface area (Å²) >= 11 is 3.38. The number of nitrogens with two attached hydrogens (primary N) is 1. The smallest absolute Gasteiger partial charge is 0.222 e. The van der Waals surface area contributed by atoms with Crippen molar-refractivity contribution in [2.75, 3.05) is 19.7 Å². The van der Waals surface area contributed by atoms with Crippen LogP contribution in [-0.4, -0.2) is 36.5 Å². The van der Waals surface area contributed by atoms with Gasteiger partial charge in [0.05, 0.1) is 6.61 Å². The van der Waals surface area contributed by atoms with Crippen LogP contribution in [0.5, 0.6) is 5.75 Å². The molecule has 1 saturated heterocycles. The quantitative estimate of drug-likeness (QED) is 0.809. The Morgan fingerprint density at radius 2 is 2.10 bits per heavy atom. The van der Waals surface area contributed by atoms with E-state index in [9.17, 15) is 4.79 Å².